The molecule has 1 aliphatic heterocycles. The van der Waals surface area contributed by atoms with Gasteiger partial charge in [0.15, 0.2) is 0 Å². The summed E-state index contributed by atoms with van der Waals surface area (Å²) in [5, 5.41) is 3.28. The van der Waals surface area contributed by atoms with Gasteiger partial charge < -0.3 is 10.1 Å². The predicted octanol–water partition coefficient (Wildman–Crippen LogP) is 1.04. The highest BCUT2D eigenvalue weighted by Crippen LogP contribution is 2.14. The van der Waals surface area contributed by atoms with E-state index in [2.05, 4.69) is 24.1 Å². The van der Waals surface area contributed by atoms with Crippen LogP contribution in [0.4, 0.5) is 4.39 Å². The molecule has 1 fully saturated rings. The second-order valence-corrected chi connectivity index (χ2v) is 4.53. The smallest absolute Gasteiger partial charge is 0.128 e. The summed E-state index contributed by atoms with van der Waals surface area (Å²) in [6.07, 6.45) is 0.140. The molecular formula is C11H23FN2O. The van der Waals surface area contributed by atoms with Crippen LogP contribution in [-0.2, 0) is 4.74 Å². The van der Waals surface area contributed by atoms with E-state index < -0.39 is 6.17 Å². The molecule has 2 unspecified atom stereocenters. The second kappa shape index (κ2) is 6.40. The van der Waals surface area contributed by atoms with E-state index in [4.69, 9.17) is 4.74 Å². The van der Waals surface area contributed by atoms with E-state index in [-0.39, 0.29) is 6.04 Å². The van der Waals surface area contributed by atoms with E-state index in [1.54, 1.807) is 7.11 Å². The predicted molar refractivity (Wildman–Crippen MR) is 59.9 cm³/mol. The van der Waals surface area contributed by atoms with E-state index >= 15 is 0 Å². The lowest BCUT2D eigenvalue weighted by atomic mass is 10.0. The van der Waals surface area contributed by atoms with Gasteiger partial charge >= 0.3 is 0 Å². The van der Waals surface area contributed by atoms with Crippen molar-refractivity contribution in [1.82, 2.24) is 10.2 Å². The van der Waals surface area contributed by atoms with Crippen LogP contribution in [0.15, 0.2) is 0 Å². The van der Waals surface area contributed by atoms with Gasteiger partial charge in [-0.2, -0.15) is 0 Å². The van der Waals surface area contributed by atoms with E-state index in [9.17, 15) is 4.39 Å². The Kier molecular flexibility index (Phi) is 5.50. The second-order valence-electron chi connectivity index (χ2n) is 4.53. The molecule has 0 aromatic heterocycles. The molecule has 0 radical (unpaired) electrons. The summed E-state index contributed by atoms with van der Waals surface area (Å²) in [4.78, 5) is 2.13. The highest BCUT2D eigenvalue weighted by molar-refractivity contribution is 4.86. The third kappa shape index (κ3) is 4.45. The van der Waals surface area contributed by atoms with E-state index in [0.717, 1.165) is 19.5 Å². The standard InChI is InChI=1S/C11H23FN2O/c1-9(2)13-11-4-5-14(6-7-15-3)8-10(11)12/h9-11,13H,4-8H2,1-3H3. The Morgan fingerprint density at radius 1 is 1.53 bits per heavy atom. The number of methoxy groups -OCH3 is 1. The molecule has 0 aromatic rings. The van der Waals surface area contributed by atoms with Gasteiger partial charge in [-0.1, -0.05) is 13.8 Å². The first kappa shape index (κ1) is 12.9. The van der Waals surface area contributed by atoms with Crippen molar-refractivity contribution in [3.05, 3.63) is 0 Å². The number of nitrogens with one attached hydrogen (secondary N) is 1. The lowest BCUT2D eigenvalue weighted by molar-refractivity contribution is 0.0753. The summed E-state index contributed by atoms with van der Waals surface area (Å²) in [5.41, 5.74) is 0. The van der Waals surface area contributed by atoms with E-state index in [0.29, 0.717) is 19.2 Å². The fraction of sp³-hybridized carbons (Fsp3) is 1.00. The Morgan fingerprint density at radius 2 is 2.27 bits per heavy atom. The van der Waals surface area contributed by atoms with Crippen molar-refractivity contribution in [2.75, 3.05) is 33.4 Å². The highest BCUT2D eigenvalue weighted by Gasteiger charge is 2.28. The maximum Gasteiger partial charge on any atom is 0.128 e. The van der Waals surface area contributed by atoms with Gasteiger partial charge in [-0.05, 0) is 13.0 Å². The highest BCUT2D eigenvalue weighted by atomic mass is 19.1. The minimum atomic E-state index is -0.752. The number of alkyl halides is 1. The largest absolute Gasteiger partial charge is 0.383 e. The Labute approximate surface area is 92.0 Å². The van der Waals surface area contributed by atoms with Crippen LogP contribution < -0.4 is 5.32 Å². The van der Waals surface area contributed by atoms with Gasteiger partial charge in [-0.25, -0.2) is 4.39 Å². The zero-order valence-corrected chi connectivity index (χ0v) is 10.0. The lowest BCUT2D eigenvalue weighted by Crippen LogP contribution is -2.52. The number of halogens is 1. The zero-order valence-electron chi connectivity index (χ0n) is 10.0. The van der Waals surface area contributed by atoms with Crippen LogP contribution >= 0.6 is 0 Å². The Bertz CT molecular complexity index is 178. The number of nitrogens with zero attached hydrogens (tertiary/aromatic N) is 1. The molecule has 1 aliphatic rings. The molecule has 0 saturated carbocycles. The normalized spacial score (nSPS) is 28.6. The molecule has 4 heteroatoms. The quantitative estimate of drug-likeness (QED) is 0.746. The number of hydrogen-bond acceptors (Lipinski definition) is 3. The van der Waals surface area contributed by atoms with Crippen molar-refractivity contribution < 1.29 is 9.13 Å². The third-order valence-corrected chi connectivity index (χ3v) is 2.78. The SMILES string of the molecule is COCCN1CCC(NC(C)C)C(F)C1. The summed E-state index contributed by atoms with van der Waals surface area (Å²) in [6, 6.07) is 0.391. The third-order valence-electron chi connectivity index (χ3n) is 2.78. The number of likely N-dealkylation sites (tertiary alicyclic amines) is 1. The molecule has 0 amide bonds. The molecule has 0 spiro atoms. The Morgan fingerprint density at radius 3 is 2.80 bits per heavy atom. The summed E-state index contributed by atoms with van der Waals surface area (Å²) >= 11 is 0. The molecule has 0 aromatic carbocycles. The van der Waals surface area contributed by atoms with Crippen molar-refractivity contribution in [3.8, 4) is 0 Å². The first-order chi connectivity index (χ1) is 7.13. The van der Waals surface area contributed by atoms with Gasteiger partial charge in [0.05, 0.1) is 6.61 Å². The van der Waals surface area contributed by atoms with E-state index in [1.807, 2.05) is 0 Å². The van der Waals surface area contributed by atoms with Crippen LogP contribution in [0.1, 0.15) is 20.3 Å². The molecule has 1 N–H and O–H groups in total. The monoisotopic (exact) mass is 218 g/mol. The van der Waals surface area contributed by atoms with Crippen LogP contribution in [0.3, 0.4) is 0 Å². The zero-order chi connectivity index (χ0) is 11.3. The van der Waals surface area contributed by atoms with Crippen LogP contribution in [0.2, 0.25) is 0 Å². The van der Waals surface area contributed by atoms with Gasteiger partial charge in [0.2, 0.25) is 0 Å². The molecule has 0 bridgehead atoms. The first-order valence-electron chi connectivity index (χ1n) is 5.75. The molecule has 90 valence electrons. The van der Waals surface area contributed by atoms with Gasteiger partial charge in [0.1, 0.15) is 6.17 Å². The van der Waals surface area contributed by atoms with Crippen molar-refractivity contribution in [3.63, 3.8) is 0 Å². The average Bonchev–Trinajstić information content (AvgIpc) is 2.18. The molecule has 15 heavy (non-hydrogen) atoms. The van der Waals surface area contributed by atoms with Crippen molar-refractivity contribution >= 4 is 0 Å². The van der Waals surface area contributed by atoms with Crippen LogP contribution in [0.5, 0.6) is 0 Å². The molecule has 1 rings (SSSR count). The van der Waals surface area contributed by atoms with Gasteiger partial charge in [0, 0.05) is 32.3 Å². The van der Waals surface area contributed by atoms with Crippen LogP contribution in [0.25, 0.3) is 0 Å². The fourth-order valence-electron chi connectivity index (χ4n) is 2.01. The molecule has 0 aliphatic carbocycles. The summed E-state index contributed by atoms with van der Waals surface area (Å²) in [6.45, 7) is 7.15. The minimum Gasteiger partial charge on any atom is -0.383 e. The van der Waals surface area contributed by atoms with Gasteiger partial charge in [-0.15, -0.1) is 0 Å². The number of hydrogen-bond donors (Lipinski definition) is 1. The van der Waals surface area contributed by atoms with Gasteiger partial charge in [0.25, 0.3) is 0 Å². The summed E-state index contributed by atoms with van der Waals surface area (Å²) in [5.74, 6) is 0. The summed E-state index contributed by atoms with van der Waals surface area (Å²) in [7, 11) is 1.68. The Balaban J connectivity index is 2.27. The average molecular weight is 218 g/mol. The Hall–Kier alpha value is -0.190. The lowest BCUT2D eigenvalue weighted by Gasteiger charge is -2.35. The maximum absolute atomic E-state index is 13.7. The minimum absolute atomic E-state index is 0.0313. The van der Waals surface area contributed by atoms with Crippen molar-refractivity contribution in [2.45, 2.75) is 38.5 Å². The summed E-state index contributed by atoms with van der Waals surface area (Å²) < 4.78 is 18.7. The van der Waals surface area contributed by atoms with E-state index in [1.165, 1.54) is 0 Å². The van der Waals surface area contributed by atoms with Gasteiger partial charge in [-0.3, -0.25) is 4.90 Å². The number of piperidine rings is 1. The molecule has 3 nitrogen and oxygen atoms in total. The van der Waals surface area contributed by atoms with Crippen molar-refractivity contribution in [1.29, 1.82) is 0 Å². The topological polar surface area (TPSA) is 24.5 Å². The molecule has 2 atom stereocenters. The van der Waals surface area contributed by atoms with Crippen LogP contribution in [-0.4, -0.2) is 56.5 Å². The fourth-order valence-corrected chi connectivity index (χ4v) is 2.01. The maximum atomic E-state index is 13.7. The van der Waals surface area contributed by atoms with Crippen molar-refractivity contribution in [2.24, 2.45) is 0 Å². The van der Waals surface area contributed by atoms with Crippen LogP contribution in [0, 0.1) is 0 Å². The molecular weight excluding hydrogens is 195 g/mol. The molecule has 1 heterocycles. The number of ether oxygens (including phenoxy) is 1. The first-order valence-corrected chi connectivity index (χ1v) is 5.75. The number of rotatable bonds is 5. The molecule has 1 saturated heterocycles.